The molecule has 7 N–H and O–H groups in total. The minimum Gasteiger partial charge on any atom is -0.480 e. The normalized spacial score (nSPS) is 14.0. The summed E-state index contributed by atoms with van der Waals surface area (Å²) >= 11 is 0. The lowest BCUT2D eigenvalue weighted by atomic mass is 10.0. The minimum atomic E-state index is -1.21. The lowest BCUT2D eigenvalue weighted by Gasteiger charge is -2.23. The van der Waals surface area contributed by atoms with E-state index in [9.17, 15) is 24.3 Å². The van der Waals surface area contributed by atoms with Gasteiger partial charge in [-0.05, 0) is 17.9 Å². The molecule has 3 atom stereocenters. The summed E-state index contributed by atoms with van der Waals surface area (Å²) in [5.74, 6) is -3.29. The zero-order valence-corrected chi connectivity index (χ0v) is 16.1. The van der Waals surface area contributed by atoms with Crippen LogP contribution in [0.3, 0.4) is 0 Å². The molecule has 0 aliphatic carbocycles. The van der Waals surface area contributed by atoms with Crippen molar-refractivity contribution >= 4 is 23.7 Å². The Kier molecular flexibility index (Phi) is 9.10. The predicted octanol–water partition coefficient (Wildman–Crippen LogP) is -0.468. The molecule has 0 saturated heterocycles. The Bertz CT molecular complexity index is 693. The van der Waals surface area contributed by atoms with Gasteiger partial charge in [0.1, 0.15) is 12.1 Å². The topological polar surface area (TPSA) is 165 Å². The molecule has 0 aliphatic rings. The average Bonchev–Trinajstić information content (AvgIpc) is 2.63. The van der Waals surface area contributed by atoms with E-state index >= 15 is 0 Å². The molecular formula is C19H28N4O5. The fraction of sp³-hybridized carbons (Fsp3) is 0.474. The first-order valence-electron chi connectivity index (χ1n) is 9.03. The van der Waals surface area contributed by atoms with E-state index in [1.807, 2.05) is 0 Å². The van der Waals surface area contributed by atoms with Gasteiger partial charge in [0, 0.05) is 12.8 Å². The van der Waals surface area contributed by atoms with Gasteiger partial charge in [-0.15, -0.1) is 0 Å². The maximum atomic E-state index is 12.6. The second-order valence-electron chi connectivity index (χ2n) is 6.93. The van der Waals surface area contributed by atoms with Gasteiger partial charge in [0.05, 0.1) is 6.04 Å². The molecule has 1 rings (SSSR count). The Morgan fingerprint density at radius 3 is 2.07 bits per heavy atom. The van der Waals surface area contributed by atoms with Gasteiger partial charge in [-0.25, -0.2) is 4.79 Å². The zero-order valence-electron chi connectivity index (χ0n) is 16.1. The fourth-order valence-electron chi connectivity index (χ4n) is 2.45. The van der Waals surface area contributed by atoms with Crippen LogP contribution in [0.1, 0.15) is 32.3 Å². The number of rotatable bonds is 11. The van der Waals surface area contributed by atoms with Gasteiger partial charge < -0.3 is 27.2 Å². The lowest BCUT2D eigenvalue weighted by Crippen LogP contribution is -2.55. The molecule has 0 fully saturated rings. The molecule has 9 heteroatoms. The van der Waals surface area contributed by atoms with Crippen molar-refractivity contribution in [1.82, 2.24) is 10.6 Å². The molecule has 3 amide bonds. The molecule has 0 spiro atoms. The number of carboxylic acid groups (broad SMARTS) is 1. The number of nitrogens with one attached hydrogen (secondary N) is 2. The second-order valence-corrected chi connectivity index (χ2v) is 6.93. The number of aliphatic carboxylic acids is 1. The molecule has 9 nitrogen and oxygen atoms in total. The van der Waals surface area contributed by atoms with Crippen LogP contribution in [0, 0.1) is 5.92 Å². The number of primary amides is 1. The smallest absolute Gasteiger partial charge is 0.326 e. The summed E-state index contributed by atoms with van der Waals surface area (Å²) in [4.78, 5) is 47.4. The molecule has 1 aromatic rings. The van der Waals surface area contributed by atoms with Crippen LogP contribution in [0.5, 0.6) is 0 Å². The van der Waals surface area contributed by atoms with Crippen molar-refractivity contribution in [2.24, 2.45) is 17.4 Å². The van der Waals surface area contributed by atoms with Crippen LogP contribution >= 0.6 is 0 Å². The molecule has 0 saturated carbocycles. The van der Waals surface area contributed by atoms with E-state index in [4.69, 9.17) is 11.5 Å². The van der Waals surface area contributed by atoms with E-state index < -0.39 is 41.8 Å². The van der Waals surface area contributed by atoms with E-state index in [2.05, 4.69) is 10.6 Å². The van der Waals surface area contributed by atoms with Crippen molar-refractivity contribution < 1.29 is 24.3 Å². The van der Waals surface area contributed by atoms with Crippen LogP contribution < -0.4 is 22.1 Å². The maximum Gasteiger partial charge on any atom is 0.326 e. The lowest BCUT2D eigenvalue weighted by molar-refractivity contribution is -0.142. The Morgan fingerprint density at radius 1 is 1.00 bits per heavy atom. The van der Waals surface area contributed by atoms with Gasteiger partial charge in [0.25, 0.3) is 0 Å². The number of carbonyl (C=O) groups is 4. The van der Waals surface area contributed by atoms with Crippen LogP contribution in [0.2, 0.25) is 0 Å². The standard InChI is InChI=1S/C19H28N4O5/c1-11(2)16(21)18(26)22-13(8-9-15(20)24)17(25)23-14(19(27)28)10-12-6-4-3-5-7-12/h3-7,11,13-14,16H,8-10,21H2,1-2H3,(H2,20,24)(H,22,26)(H,23,25)(H,27,28)/t13-,14-,16-/m0/s1. The van der Waals surface area contributed by atoms with Gasteiger partial charge in [-0.3, -0.25) is 14.4 Å². The molecule has 0 aliphatic heterocycles. The Balaban J connectivity index is 2.88. The molecule has 0 heterocycles. The highest BCUT2D eigenvalue weighted by atomic mass is 16.4. The molecule has 28 heavy (non-hydrogen) atoms. The number of hydrogen-bond donors (Lipinski definition) is 5. The van der Waals surface area contributed by atoms with Crippen molar-refractivity contribution in [3.05, 3.63) is 35.9 Å². The third kappa shape index (κ3) is 7.75. The van der Waals surface area contributed by atoms with Crippen LogP contribution in [0.15, 0.2) is 30.3 Å². The third-order valence-electron chi connectivity index (χ3n) is 4.23. The van der Waals surface area contributed by atoms with Crippen molar-refractivity contribution in [3.63, 3.8) is 0 Å². The van der Waals surface area contributed by atoms with Gasteiger partial charge in [-0.1, -0.05) is 44.2 Å². The number of nitrogens with two attached hydrogens (primary N) is 2. The summed E-state index contributed by atoms with van der Waals surface area (Å²) in [6.45, 7) is 3.51. The van der Waals surface area contributed by atoms with Crippen LogP contribution in [-0.2, 0) is 25.6 Å². The molecule has 0 unspecified atom stereocenters. The highest BCUT2D eigenvalue weighted by molar-refractivity contribution is 5.92. The van der Waals surface area contributed by atoms with Crippen molar-refractivity contribution in [1.29, 1.82) is 0 Å². The monoisotopic (exact) mass is 392 g/mol. The maximum absolute atomic E-state index is 12.6. The first-order chi connectivity index (χ1) is 13.1. The van der Waals surface area contributed by atoms with Gasteiger partial charge in [0.15, 0.2) is 0 Å². The predicted molar refractivity (Wildman–Crippen MR) is 103 cm³/mol. The minimum absolute atomic E-state index is 0.0601. The van der Waals surface area contributed by atoms with E-state index in [-0.39, 0.29) is 25.2 Å². The summed E-state index contributed by atoms with van der Waals surface area (Å²) in [5, 5.41) is 14.3. The number of carboxylic acids is 1. The van der Waals surface area contributed by atoms with E-state index in [0.29, 0.717) is 0 Å². The summed E-state index contributed by atoms with van der Waals surface area (Å²) in [7, 11) is 0. The van der Waals surface area contributed by atoms with Crippen molar-refractivity contribution in [2.45, 2.75) is 51.2 Å². The molecule has 0 radical (unpaired) electrons. The Morgan fingerprint density at radius 2 is 1.57 bits per heavy atom. The van der Waals surface area contributed by atoms with E-state index in [1.165, 1.54) is 0 Å². The SMILES string of the molecule is CC(C)[C@H](N)C(=O)N[C@@H](CCC(N)=O)C(=O)N[C@@H](Cc1ccccc1)C(=O)O. The summed E-state index contributed by atoms with van der Waals surface area (Å²) < 4.78 is 0. The summed E-state index contributed by atoms with van der Waals surface area (Å²) in [6, 6.07) is 5.66. The zero-order chi connectivity index (χ0) is 21.3. The van der Waals surface area contributed by atoms with Crippen LogP contribution in [-0.4, -0.2) is 46.9 Å². The summed E-state index contributed by atoms with van der Waals surface area (Å²) in [5.41, 5.74) is 11.6. The molecule has 0 aromatic heterocycles. The third-order valence-corrected chi connectivity index (χ3v) is 4.23. The molecule has 154 valence electrons. The van der Waals surface area contributed by atoms with E-state index in [1.54, 1.807) is 44.2 Å². The second kappa shape index (κ2) is 11.0. The molecule has 1 aromatic carbocycles. The van der Waals surface area contributed by atoms with Crippen LogP contribution in [0.25, 0.3) is 0 Å². The van der Waals surface area contributed by atoms with E-state index in [0.717, 1.165) is 5.56 Å². The average molecular weight is 392 g/mol. The van der Waals surface area contributed by atoms with Gasteiger partial charge in [0.2, 0.25) is 17.7 Å². The number of carbonyl (C=O) groups excluding carboxylic acids is 3. The first-order valence-corrected chi connectivity index (χ1v) is 9.03. The van der Waals surface area contributed by atoms with Gasteiger partial charge in [-0.2, -0.15) is 0 Å². The first kappa shape index (κ1) is 23.1. The van der Waals surface area contributed by atoms with Crippen LogP contribution in [0.4, 0.5) is 0 Å². The van der Waals surface area contributed by atoms with Crippen molar-refractivity contribution in [2.75, 3.05) is 0 Å². The molecular weight excluding hydrogens is 364 g/mol. The highest BCUT2D eigenvalue weighted by Gasteiger charge is 2.29. The van der Waals surface area contributed by atoms with Gasteiger partial charge >= 0.3 is 5.97 Å². The molecule has 0 bridgehead atoms. The largest absolute Gasteiger partial charge is 0.480 e. The quantitative estimate of drug-likeness (QED) is 0.342. The van der Waals surface area contributed by atoms with Crippen molar-refractivity contribution in [3.8, 4) is 0 Å². The number of hydrogen-bond acceptors (Lipinski definition) is 5. The Labute approximate surface area is 163 Å². The fourth-order valence-corrected chi connectivity index (χ4v) is 2.45. The number of benzene rings is 1. The number of amides is 3. The summed E-state index contributed by atoms with van der Waals surface area (Å²) in [6.07, 6.45) is -0.134. The Hall–Kier alpha value is -2.94. The highest BCUT2D eigenvalue weighted by Crippen LogP contribution is 2.06.